The SMILES string of the molecule is CN(C)c1noc(CN2CCC[C@H]2C[C@@H](O)c2cccs2)n1. The first-order valence-corrected chi connectivity index (χ1v) is 8.47. The highest BCUT2D eigenvalue weighted by molar-refractivity contribution is 7.10. The Hall–Kier alpha value is -1.44. The number of aliphatic hydroxyl groups is 1. The molecule has 3 rings (SSSR count). The van der Waals surface area contributed by atoms with Crippen LogP contribution in [0.25, 0.3) is 0 Å². The first kappa shape index (κ1) is 15.5. The summed E-state index contributed by atoms with van der Waals surface area (Å²) >= 11 is 1.61. The van der Waals surface area contributed by atoms with Gasteiger partial charge in [-0.1, -0.05) is 6.07 Å². The molecule has 0 spiro atoms. The Balaban J connectivity index is 1.60. The highest BCUT2D eigenvalue weighted by Crippen LogP contribution is 2.30. The van der Waals surface area contributed by atoms with Crippen molar-refractivity contribution in [3.63, 3.8) is 0 Å². The summed E-state index contributed by atoms with van der Waals surface area (Å²) in [6.07, 6.45) is 2.63. The zero-order valence-corrected chi connectivity index (χ0v) is 13.8. The minimum absolute atomic E-state index is 0.367. The van der Waals surface area contributed by atoms with Crippen molar-refractivity contribution in [1.29, 1.82) is 0 Å². The fraction of sp³-hybridized carbons (Fsp3) is 0.600. The Morgan fingerprint density at radius 3 is 3.09 bits per heavy atom. The van der Waals surface area contributed by atoms with Gasteiger partial charge in [0.1, 0.15) is 0 Å². The van der Waals surface area contributed by atoms with Crippen LogP contribution in [0, 0.1) is 0 Å². The van der Waals surface area contributed by atoms with Crippen molar-refractivity contribution in [3.8, 4) is 0 Å². The number of rotatable bonds is 6. The molecule has 0 amide bonds. The maximum atomic E-state index is 10.4. The average molecular weight is 322 g/mol. The van der Waals surface area contributed by atoms with Gasteiger partial charge in [-0.15, -0.1) is 11.3 Å². The number of hydrogen-bond donors (Lipinski definition) is 1. The standard InChI is InChI=1S/C15H22N4O2S/c1-18(2)15-16-14(21-17-15)10-19-7-3-5-11(19)9-12(20)13-6-4-8-22-13/h4,6,8,11-12,20H,3,5,7,9-10H2,1-2H3/t11-,12+/m0/s1. The van der Waals surface area contributed by atoms with Gasteiger partial charge in [-0.25, -0.2) is 0 Å². The van der Waals surface area contributed by atoms with E-state index in [0.29, 0.717) is 24.4 Å². The molecule has 120 valence electrons. The lowest BCUT2D eigenvalue weighted by Gasteiger charge is -2.24. The van der Waals surface area contributed by atoms with E-state index in [1.165, 1.54) is 0 Å². The molecule has 0 aromatic carbocycles. The van der Waals surface area contributed by atoms with Crippen LogP contribution in [0.5, 0.6) is 0 Å². The van der Waals surface area contributed by atoms with Gasteiger partial charge < -0.3 is 14.5 Å². The third kappa shape index (κ3) is 3.48. The summed E-state index contributed by atoms with van der Waals surface area (Å²) in [5, 5.41) is 16.3. The lowest BCUT2D eigenvalue weighted by Crippen LogP contribution is -2.30. The molecule has 3 heterocycles. The summed E-state index contributed by atoms with van der Waals surface area (Å²) in [6, 6.07) is 4.35. The monoisotopic (exact) mass is 322 g/mol. The number of aromatic nitrogens is 2. The molecule has 2 aromatic rings. The fourth-order valence-electron chi connectivity index (χ4n) is 2.89. The summed E-state index contributed by atoms with van der Waals surface area (Å²) in [7, 11) is 3.79. The van der Waals surface area contributed by atoms with Gasteiger partial charge >= 0.3 is 0 Å². The Bertz CT molecular complexity index is 584. The van der Waals surface area contributed by atoms with Crippen LogP contribution in [0.4, 0.5) is 5.95 Å². The second kappa shape index (κ2) is 6.76. The molecule has 1 saturated heterocycles. The molecule has 1 fully saturated rings. The minimum Gasteiger partial charge on any atom is -0.388 e. The molecule has 1 aliphatic rings. The van der Waals surface area contributed by atoms with Crippen molar-refractivity contribution < 1.29 is 9.63 Å². The second-order valence-corrected chi connectivity index (χ2v) is 6.90. The number of likely N-dealkylation sites (tertiary alicyclic amines) is 1. The van der Waals surface area contributed by atoms with E-state index in [4.69, 9.17) is 4.52 Å². The van der Waals surface area contributed by atoms with E-state index < -0.39 is 0 Å². The molecule has 0 bridgehead atoms. The topological polar surface area (TPSA) is 65.6 Å². The summed E-state index contributed by atoms with van der Waals surface area (Å²) in [5.41, 5.74) is 0. The quantitative estimate of drug-likeness (QED) is 0.880. The lowest BCUT2D eigenvalue weighted by atomic mass is 10.1. The van der Waals surface area contributed by atoms with Gasteiger partial charge in [0.05, 0.1) is 12.6 Å². The van der Waals surface area contributed by atoms with E-state index in [1.54, 1.807) is 11.3 Å². The molecule has 0 aliphatic carbocycles. The molecule has 22 heavy (non-hydrogen) atoms. The predicted octanol–water partition coefficient (Wildman–Crippen LogP) is 2.29. The van der Waals surface area contributed by atoms with E-state index >= 15 is 0 Å². The maximum Gasteiger partial charge on any atom is 0.265 e. The zero-order valence-electron chi connectivity index (χ0n) is 13.0. The van der Waals surface area contributed by atoms with Gasteiger partial charge in [0, 0.05) is 25.0 Å². The van der Waals surface area contributed by atoms with E-state index in [1.807, 2.05) is 36.5 Å². The van der Waals surface area contributed by atoms with Crippen LogP contribution in [-0.4, -0.2) is 46.8 Å². The van der Waals surface area contributed by atoms with Gasteiger partial charge in [-0.2, -0.15) is 4.98 Å². The van der Waals surface area contributed by atoms with Crippen LogP contribution in [0.2, 0.25) is 0 Å². The van der Waals surface area contributed by atoms with E-state index in [9.17, 15) is 5.11 Å². The Labute approximate surface area is 134 Å². The largest absolute Gasteiger partial charge is 0.388 e. The summed E-state index contributed by atoms with van der Waals surface area (Å²) in [5.74, 6) is 1.24. The third-order valence-corrected chi connectivity index (χ3v) is 5.04. The molecular formula is C15H22N4O2S. The number of nitrogens with zero attached hydrogens (tertiary/aromatic N) is 4. The normalized spacial score (nSPS) is 20.4. The minimum atomic E-state index is -0.384. The van der Waals surface area contributed by atoms with Crippen molar-refractivity contribution >= 4 is 17.3 Å². The Morgan fingerprint density at radius 1 is 1.55 bits per heavy atom. The first-order valence-electron chi connectivity index (χ1n) is 7.59. The van der Waals surface area contributed by atoms with Crippen LogP contribution in [0.1, 0.15) is 36.1 Å². The van der Waals surface area contributed by atoms with Gasteiger partial charge in [-0.05, 0) is 42.4 Å². The first-order chi connectivity index (χ1) is 10.6. The third-order valence-electron chi connectivity index (χ3n) is 4.06. The van der Waals surface area contributed by atoms with Crippen molar-refractivity contribution in [2.45, 2.75) is 38.0 Å². The van der Waals surface area contributed by atoms with Gasteiger partial charge in [0.2, 0.25) is 5.89 Å². The van der Waals surface area contributed by atoms with Crippen LogP contribution in [-0.2, 0) is 6.54 Å². The van der Waals surface area contributed by atoms with Crippen molar-refractivity contribution in [2.75, 3.05) is 25.5 Å². The summed E-state index contributed by atoms with van der Waals surface area (Å²) in [6.45, 7) is 1.67. The van der Waals surface area contributed by atoms with E-state index in [0.717, 1.165) is 30.7 Å². The molecule has 2 atom stereocenters. The molecule has 0 radical (unpaired) electrons. The maximum absolute atomic E-state index is 10.4. The molecular weight excluding hydrogens is 300 g/mol. The van der Waals surface area contributed by atoms with E-state index in [-0.39, 0.29) is 6.10 Å². The summed E-state index contributed by atoms with van der Waals surface area (Å²) in [4.78, 5) is 9.59. The average Bonchev–Trinajstić information content (AvgIpc) is 3.20. The molecule has 0 unspecified atom stereocenters. The molecule has 1 N–H and O–H groups in total. The molecule has 7 heteroatoms. The fourth-order valence-corrected chi connectivity index (χ4v) is 3.62. The predicted molar refractivity (Wildman–Crippen MR) is 86.0 cm³/mol. The number of aliphatic hydroxyl groups excluding tert-OH is 1. The van der Waals surface area contributed by atoms with Crippen LogP contribution < -0.4 is 4.90 Å². The summed E-state index contributed by atoms with van der Waals surface area (Å²) < 4.78 is 5.31. The van der Waals surface area contributed by atoms with Crippen molar-refractivity contribution in [1.82, 2.24) is 15.0 Å². The van der Waals surface area contributed by atoms with Gasteiger partial charge in [0.25, 0.3) is 5.95 Å². The van der Waals surface area contributed by atoms with Crippen LogP contribution in [0.15, 0.2) is 22.0 Å². The van der Waals surface area contributed by atoms with Crippen molar-refractivity contribution in [2.24, 2.45) is 0 Å². The zero-order chi connectivity index (χ0) is 15.5. The Kier molecular flexibility index (Phi) is 4.75. The molecule has 0 saturated carbocycles. The van der Waals surface area contributed by atoms with Crippen LogP contribution in [0.3, 0.4) is 0 Å². The number of thiophene rings is 1. The molecule has 1 aliphatic heterocycles. The highest BCUT2D eigenvalue weighted by Gasteiger charge is 2.28. The molecule has 2 aromatic heterocycles. The van der Waals surface area contributed by atoms with E-state index in [2.05, 4.69) is 15.0 Å². The second-order valence-electron chi connectivity index (χ2n) is 5.92. The number of hydrogen-bond acceptors (Lipinski definition) is 7. The Morgan fingerprint density at radius 2 is 2.41 bits per heavy atom. The molecule has 6 nitrogen and oxygen atoms in total. The van der Waals surface area contributed by atoms with Crippen LogP contribution >= 0.6 is 11.3 Å². The van der Waals surface area contributed by atoms with Gasteiger partial charge in [0.15, 0.2) is 0 Å². The number of anilines is 1. The van der Waals surface area contributed by atoms with Crippen molar-refractivity contribution in [3.05, 3.63) is 28.3 Å². The van der Waals surface area contributed by atoms with Gasteiger partial charge in [-0.3, -0.25) is 4.90 Å². The highest BCUT2D eigenvalue weighted by atomic mass is 32.1. The smallest absolute Gasteiger partial charge is 0.265 e. The lowest BCUT2D eigenvalue weighted by molar-refractivity contribution is 0.115.